The normalized spacial score (nSPS) is 12.4. The van der Waals surface area contributed by atoms with E-state index in [9.17, 15) is 14.9 Å². The van der Waals surface area contributed by atoms with Crippen LogP contribution in [0, 0.1) is 13.7 Å². The molecule has 0 spiro atoms. The molecule has 0 radical (unpaired) electrons. The number of ether oxygens (including phenoxy) is 2. The van der Waals surface area contributed by atoms with Crippen LogP contribution in [-0.4, -0.2) is 23.8 Å². The van der Waals surface area contributed by atoms with Gasteiger partial charge in [-0.05, 0) is 52.9 Å². The lowest BCUT2D eigenvalue weighted by Gasteiger charge is -2.02. The Balaban J connectivity index is 1.78. The highest BCUT2D eigenvalue weighted by molar-refractivity contribution is 14.1. The number of halogens is 1. The molecule has 1 amide bonds. The van der Waals surface area contributed by atoms with Crippen molar-refractivity contribution in [1.29, 1.82) is 0 Å². The number of hydrazone groups is 1. The Morgan fingerprint density at radius 2 is 1.92 bits per heavy atom. The van der Waals surface area contributed by atoms with Crippen LogP contribution < -0.4 is 14.9 Å². The summed E-state index contributed by atoms with van der Waals surface area (Å²) in [5.74, 6) is 0.291. The molecule has 24 heavy (non-hydrogen) atoms. The Kier molecular flexibility index (Phi) is 4.60. The second kappa shape index (κ2) is 6.83. The summed E-state index contributed by atoms with van der Waals surface area (Å²) in [6.07, 6.45) is 1.20. The number of fused-ring (bicyclic) bond motifs is 1. The van der Waals surface area contributed by atoms with Crippen molar-refractivity contribution in [2.45, 2.75) is 0 Å². The van der Waals surface area contributed by atoms with Gasteiger partial charge in [-0.1, -0.05) is 0 Å². The summed E-state index contributed by atoms with van der Waals surface area (Å²) in [5.41, 5.74) is 2.78. The number of nitrogens with one attached hydrogen (secondary N) is 1. The average molecular weight is 439 g/mol. The van der Waals surface area contributed by atoms with Gasteiger partial charge in [-0.3, -0.25) is 14.9 Å². The van der Waals surface area contributed by atoms with E-state index in [1.165, 1.54) is 18.3 Å². The number of amides is 1. The third kappa shape index (κ3) is 3.45. The number of carbonyl (C=O) groups is 1. The maximum atomic E-state index is 11.9. The number of nitro benzene ring substituents is 1. The van der Waals surface area contributed by atoms with Crippen molar-refractivity contribution < 1.29 is 19.2 Å². The molecule has 1 aliphatic rings. The van der Waals surface area contributed by atoms with E-state index in [1.807, 2.05) is 0 Å². The number of hydrogen-bond donors (Lipinski definition) is 1. The zero-order valence-electron chi connectivity index (χ0n) is 12.1. The molecule has 9 heteroatoms. The number of carbonyl (C=O) groups excluding carboxylic acids is 1. The third-order valence-corrected chi connectivity index (χ3v) is 3.91. The van der Waals surface area contributed by atoms with Crippen LogP contribution in [0.15, 0.2) is 41.5 Å². The van der Waals surface area contributed by atoms with Crippen molar-refractivity contribution >= 4 is 40.4 Å². The van der Waals surface area contributed by atoms with Gasteiger partial charge < -0.3 is 9.47 Å². The van der Waals surface area contributed by atoms with Crippen LogP contribution in [0.3, 0.4) is 0 Å². The van der Waals surface area contributed by atoms with Gasteiger partial charge in [-0.2, -0.15) is 5.10 Å². The molecule has 0 bridgehead atoms. The van der Waals surface area contributed by atoms with Crippen LogP contribution in [0.25, 0.3) is 0 Å². The molecule has 0 unspecified atom stereocenters. The Bertz CT molecular complexity index is 836. The molecule has 0 atom stereocenters. The van der Waals surface area contributed by atoms with Crippen molar-refractivity contribution in [3.63, 3.8) is 0 Å². The topological polar surface area (TPSA) is 103 Å². The highest BCUT2D eigenvalue weighted by Gasteiger charge is 2.22. The molecule has 3 rings (SSSR count). The van der Waals surface area contributed by atoms with Gasteiger partial charge >= 0.3 is 0 Å². The van der Waals surface area contributed by atoms with E-state index in [0.29, 0.717) is 17.1 Å². The van der Waals surface area contributed by atoms with E-state index >= 15 is 0 Å². The molecule has 1 N–H and O–H groups in total. The molecule has 0 saturated heterocycles. The average Bonchev–Trinajstić information content (AvgIpc) is 3.01. The summed E-state index contributed by atoms with van der Waals surface area (Å²) < 4.78 is 11.3. The molecule has 8 nitrogen and oxygen atoms in total. The van der Waals surface area contributed by atoms with Crippen LogP contribution in [0.5, 0.6) is 11.5 Å². The van der Waals surface area contributed by atoms with E-state index in [-0.39, 0.29) is 18.0 Å². The first-order chi connectivity index (χ1) is 11.5. The molecule has 122 valence electrons. The Hall–Kier alpha value is -2.69. The van der Waals surface area contributed by atoms with Crippen LogP contribution in [0.2, 0.25) is 0 Å². The van der Waals surface area contributed by atoms with Crippen molar-refractivity contribution in [1.82, 2.24) is 5.43 Å². The second-order valence-electron chi connectivity index (χ2n) is 4.73. The maximum Gasteiger partial charge on any atom is 0.282 e. The van der Waals surface area contributed by atoms with Gasteiger partial charge in [0.05, 0.1) is 22.8 Å². The van der Waals surface area contributed by atoms with E-state index < -0.39 is 10.8 Å². The highest BCUT2D eigenvalue weighted by atomic mass is 127. The van der Waals surface area contributed by atoms with Crippen molar-refractivity contribution in [3.05, 3.63) is 61.2 Å². The van der Waals surface area contributed by atoms with Gasteiger partial charge in [0.1, 0.15) is 0 Å². The molecule has 2 aromatic carbocycles. The molecule has 0 fully saturated rings. The third-order valence-electron chi connectivity index (χ3n) is 3.19. The van der Waals surface area contributed by atoms with E-state index in [2.05, 4.69) is 33.1 Å². The minimum Gasteiger partial charge on any atom is -0.454 e. The van der Waals surface area contributed by atoms with Gasteiger partial charge in [0, 0.05) is 9.13 Å². The smallest absolute Gasteiger partial charge is 0.282 e. The summed E-state index contributed by atoms with van der Waals surface area (Å²) in [6.45, 7) is 0.0105. The molecular weight excluding hydrogens is 429 g/mol. The number of benzene rings is 2. The molecule has 2 aromatic rings. The van der Waals surface area contributed by atoms with Gasteiger partial charge in [0.15, 0.2) is 11.5 Å². The van der Waals surface area contributed by atoms with Crippen LogP contribution in [-0.2, 0) is 0 Å². The molecular formula is C15H10IN3O5. The predicted molar refractivity (Wildman–Crippen MR) is 93.4 cm³/mol. The lowest BCUT2D eigenvalue weighted by Crippen LogP contribution is -2.17. The van der Waals surface area contributed by atoms with E-state index in [4.69, 9.17) is 9.47 Å². The summed E-state index contributed by atoms with van der Waals surface area (Å²) in [4.78, 5) is 22.5. The van der Waals surface area contributed by atoms with Gasteiger partial charge in [-0.25, -0.2) is 5.43 Å². The fourth-order valence-corrected chi connectivity index (χ4v) is 2.39. The predicted octanol–water partition coefficient (Wildman–Crippen LogP) is 2.69. The monoisotopic (exact) mass is 439 g/mol. The summed E-state index contributed by atoms with van der Waals surface area (Å²) >= 11 is 2.13. The van der Waals surface area contributed by atoms with Crippen LogP contribution >= 0.6 is 22.6 Å². The van der Waals surface area contributed by atoms with Crippen molar-refractivity contribution in [2.24, 2.45) is 5.10 Å². The number of hydrogen-bond acceptors (Lipinski definition) is 6. The molecule has 0 aromatic heterocycles. The number of rotatable bonds is 4. The SMILES string of the molecule is O=C(N/N=C\c1cc2c(cc1[N+](=O)[O-])OCO2)c1ccc(I)cc1. The zero-order valence-corrected chi connectivity index (χ0v) is 14.2. The summed E-state index contributed by atoms with van der Waals surface area (Å²) in [6, 6.07) is 9.63. The first-order valence-corrected chi connectivity index (χ1v) is 7.79. The van der Waals surface area contributed by atoms with Crippen molar-refractivity contribution in [2.75, 3.05) is 6.79 Å². The second-order valence-corrected chi connectivity index (χ2v) is 5.97. The van der Waals surface area contributed by atoms with Crippen molar-refractivity contribution in [3.8, 4) is 11.5 Å². The fourth-order valence-electron chi connectivity index (χ4n) is 2.03. The lowest BCUT2D eigenvalue weighted by molar-refractivity contribution is -0.385. The zero-order chi connectivity index (χ0) is 17.1. The van der Waals surface area contributed by atoms with Crippen LogP contribution in [0.1, 0.15) is 15.9 Å². The minimum atomic E-state index is -0.551. The fraction of sp³-hybridized carbons (Fsp3) is 0.0667. The first kappa shape index (κ1) is 16.2. The maximum absolute atomic E-state index is 11.9. The quantitative estimate of drug-likeness (QED) is 0.342. The number of nitro groups is 1. The number of nitrogens with zero attached hydrogens (tertiary/aromatic N) is 2. The van der Waals surface area contributed by atoms with Gasteiger partial charge in [0.25, 0.3) is 11.6 Å². The Morgan fingerprint density at radius 3 is 2.58 bits per heavy atom. The van der Waals surface area contributed by atoms with Crippen LogP contribution in [0.4, 0.5) is 5.69 Å². The summed E-state index contributed by atoms with van der Waals surface area (Å²) in [7, 11) is 0. The lowest BCUT2D eigenvalue weighted by atomic mass is 10.1. The van der Waals surface area contributed by atoms with Gasteiger partial charge in [-0.15, -0.1) is 0 Å². The molecule has 0 saturated carbocycles. The first-order valence-electron chi connectivity index (χ1n) is 6.71. The Labute approximate surface area is 149 Å². The minimum absolute atomic E-state index is 0.0105. The van der Waals surface area contributed by atoms with E-state index in [1.54, 1.807) is 24.3 Å². The standard InChI is InChI=1S/C15H10IN3O5/c16-11-3-1-9(2-4-11)15(20)18-17-7-10-5-13-14(24-8-23-13)6-12(10)19(21)22/h1-7H,8H2,(H,18,20)/b17-7-. The molecule has 1 heterocycles. The largest absolute Gasteiger partial charge is 0.454 e. The molecule has 0 aliphatic carbocycles. The Morgan fingerprint density at radius 1 is 1.25 bits per heavy atom. The van der Waals surface area contributed by atoms with Gasteiger partial charge in [0.2, 0.25) is 6.79 Å². The molecule has 1 aliphatic heterocycles. The highest BCUT2D eigenvalue weighted by Crippen LogP contribution is 2.37. The van der Waals surface area contributed by atoms with E-state index in [0.717, 1.165) is 3.57 Å². The summed E-state index contributed by atoms with van der Waals surface area (Å²) in [5, 5.41) is 14.9.